The minimum atomic E-state index is -0.520. The van der Waals surface area contributed by atoms with E-state index in [1.165, 1.54) is 0 Å². The van der Waals surface area contributed by atoms with Crippen molar-refractivity contribution in [1.82, 2.24) is 4.90 Å². The van der Waals surface area contributed by atoms with Gasteiger partial charge < -0.3 is 15.5 Å². The van der Waals surface area contributed by atoms with Crippen molar-refractivity contribution in [3.63, 3.8) is 0 Å². The average molecular weight is 388 g/mol. The third-order valence-corrected chi connectivity index (χ3v) is 4.16. The van der Waals surface area contributed by atoms with E-state index in [2.05, 4.69) is 10.6 Å². The summed E-state index contributed by atoms with van der Waals surface area (Å²) in [4.78, 5) is 26.7. The number of nitrogens with one attached hydrogen (secondary N) is 2. The molecule has 2 amide bonds. The highest BCUT2D eigenvalue weighted by Gasteiger charge is 2.22. The Morgan fingerprint density at radius 2 is 1.74 bits per heavy atom. The Kier molecular flexibility index (Phi) is 6.63. The second-order valence-electron chi connectivity index (χ2n) is 7.79. The number of halogens is 1. The highest BCUT2D eigenvalue weighted by molar-refractivity contribution is 6.34. The van der Waals surface area contributed by atoms with Gasteiger partial charge in [-0.1, -0.05) is 44.5 Å². The van der Waals surface area contributed by atoms with Gasteiger partial charge in [0.2, 0.25) is 5.91 Å². The second kappa shape index (κ2) is 8.55. The van der Waals surface area contributed by atoms with Gasteiger partial charge in [0.25, 0.3) is 5.91 Å². The molecule has 0 spiro atoms. The number of carbonyl (C=O) groups excluding carboxylic acids is 2. The summed E-state index contributed by atoms with van der Waals surface area (Å²) in [6.07, 6.45) is 0. The molecular formula is C21H26ClN3O2. The topological polar surface area (TPSA) is 61.4 Å². The van der Waals surface area contributed by atoms with Crippen LogP contribution in [0, 0.1) is 5.41 Å². The van der Waals surface area contributed by atoms with Crippen molar-refractivity contribution < 1.29 is 9.59 Å². The van der Waals surface area contributed by atoms with Crippen molar-refractivity contribution in [2.45, 2.75) is 27.3 Å². The first-order chi connectivity index (χ1) is 12.6. The second-order valence-corrected chi connectivity index (χ2v) is 8.20. The zero-order valence-corrected chi connectivity index (χ0v) is 17.1. The smallest absolute Gasteiger partial charge is 0.255 e. The van der Waals surface area contributed by atoms with Crippen LogP contribution in [0.15, 0.2) is 42.5 Å². The van der Waals surface area contributed by atoms with E-state index in [0.29, 0.717) is 22.0 Å². The molecule has 0 saturated heterocycles. The summed E-state index contributed by atoms with van der Waals surface area (Å²) in [6, 6.07) is 12.5. The summed E-state index contributed by atoms with van der Waals surface area (Å²) in [5, 5.41) is 6.01. The Bertz CT molecular complexity index is 842. The van der Waals surface area contributed by atoms with Gasteiger partial charge >= 0.3 is 0 Å². The summed E-state index contributed by atoms with van der Waals surface area (Å²) in [5.74, 6) is -0.336. The van der Waals surface area contributed by atoms with E-state index in [4.69, 9.17) is 11.6 Å². The maximum absolute atomic E-state index is 12.5. The number of amides is 2. The first-order valence-corrected chi connectivity index (χ1v) is 9.10. The van der Waals surface area contributed by atoms with Gasteiger partial charge in [0.15, 0.2) is 0 Å². The first-order valence-electron chi connectivity index (χ1n) is 8.72. The molecule has 0 aliphatic rings. The molecule has 144 valence electrons. The van der Waals surface area contributed by atoms with Crippen molar-refractivity contribution in [2.75, 3.05) is 24.7 Å². The Hall–Kier alpha value is -2.37. The van der Waals surface area contributed by atoms with E-state index in [1.807, 2.05) is 58.0 Å². The molecule has 2 aromatic rings. The van der Waals surface area contributed by atoms with E-state index in [1.54, 1.807) is 24.3 Å². The fraction of sp³-hybridized carbons (Fsp3) is 0.333. The molecule has 2 rings (SSSR count). The summed E-state index contributed by atoms with van der Waals surface area (Å²) in [7, 11) is 3.96. The fourth-order valence-corrected chi connectivity index (χ4v) is 2.61. The number of benzene rings is 2. The van der Waals surface area contributed by atoms with Gasteiger partial charge in [-0.25, -0.2) is 0 Å². The predicted molar refractivity (Wildman–Crippen MR) is 111 cm³/mol. The molecule has 2 aromatic carbocycles. The largest absolute Gasteiger partial charge is 0.324 e. The van der Waals surface area contributed by atoms with Crippen LogP contribution in [0.4, 0.5) is 11.4 Å². The molecule has 0 fully saturated rings. The molecule has 0 aliphatic heterocycles. The van der Waals surface area contributed by atoms with E-state index in [9.17, 15) is 9.59 Å². The Balaban J connectivity index is 2.10. The molecule has 0 aliphatic carbocycles. The first kappa shape index (κ1) is 20.9. The summed E-state index contributed by atoms with van der Waals surface area (Å²) in [6.45, 7) is 6.24. The average Bonchev–Trinajstić information content (AvgIpc) is 2.56. The fourth-order valence-electron chi connectivity index (χ4n) is 2.38. The predicted octanol–water partition coefficient (Wildman–Crippen LogP) is 4.64. The van der Waals surface area contributed by atoms with Crippen molar-refractivity contribution >= 4 is 34.8 Å². The highest BCUT2D eigenvalue weighted by Crippen LogP contribution is 2.27. The third-order valence-electron chi connectivity index (χ3n) is 3.84. The van der Waals surface area contributed by atoms with Gasteiger partial charge in [0, 0.05) is 23.2 Å². The molecule has 0 heterocycles. The van der Waals surface area contributed by atoms with Crippen LogP contribution in [0.5, 0.6) is 0 Å². The molecule has 2 N–H and O–H groups in total. The van der Waals surface area contributed by atoms with Crippen LogP contribution >= 0.6 is 11.6 Å². The minimum Gasteiger partial charge on any atom is -0.324 e. The van der Waals surface area contributed by atoms with Gasteiger partial charge in [-0.15, -0.1) is 0 Å². The lowest BCUT2D eigenvalue weighted by molar-refractivity contribution is -0.123. The normalized spacial score (nSPS) is 11.4. The van der Waals surface area contributed by atoms with E-state index in [-0.39, 0.29) is 11.8 Å². The SMILES string of the molecule is CN(C)Cc1cccc(C(=O)Nc2ccc(NC(=O)C(C)(C)C)c(Cl)c2)c1. The van der Waals surface area contributed by atoms with Crippen LogP contribution < -0.4 is 10.6 Å². The minimum absolute atomic E-state index is 0.126. The number of nitrogens with zero attached hydrogens (tertiary/aromatic N) is 1. The number of rotatable bonds is 5. The standard InChI is InChI=1S/C21H26ClN3O2/c1-21(2,3)20(27)24-18-10-9-16(12-17(18)22)23-19(26)15-8-6-7-14(11-15)13-25(4)5/h6-12H,13H2,1-5H3,(H,23,26)(H,24,27). The van der Waals surface area contributed by atoms with Crippen LogP contribution in [0.3, 0.4) is 0 Å². The molecule has 0 atom stereocenters. The maximum atomic E-state index is 12.5. The Morgan fingerprint density at radius 3 is 2.33 bits per heavy atom. The van der Waals surface area contributed by atoms with E-state index < -0.39 is 5.41 Å². The van der Waals surface area contributed by atoms with Crippen molar-refractivity contribution in [3.8, 4) is 0 Å². The molecule has 27 heavy (non-hydrogen) atoms. The highest BCUT2D eigenvalue weighted by atomic mass is 35.5. The summed E-state index contributed by atoms with van der Waals surface area (Å²) < 4.78 is 0. The Labute approximate surface area is 165 Å². The van der Waals surface area contributed by atoms with E-state index >= 15 is 0 Å². The maximum Gasteiger partial charge on any atom is 0.255 e. The number of anilines is 2. The zero-order valence-electron chi connectivity index (χ0n) is 16.4. The van der Waals surface area contributed by atoms with Crippen molar-refractivity contribution in [1.29, 1.82) is 0 Å². The van der Waals surface area contributed by atoms with Crippen molar-refractivity contribution in [3.05, 3.63) is 58.6 Å². The molecule has 6 heteroatoms. The number of hydrogen-bond donors (Lipinski definition) is 2. The molecular weight excluding hydrogens is 362 g/mol. The summed E-state index contributed by atoms with van der Waals surface area (Å²) >= 11 is 6.26. The number of carbonyl (C=O) groups is 2. The van der Waals surface area contributed by atoms with Crippen LogP contribution in [0.1, 0.15) is 36.7 Å². The lowest BCUT2D eigenvalue weighted by Crippen LogP contribution is -2.27. The van der Waals surface area contributed by atoms with E-state index in [0.717, 1.165) is 12.1 Å². The van der Waals surface area contributed by atoms with Crippen LogP contribution in [0.25, 0.3) is 0 Å². The molecule has 0 unspecified atom stereocenters. The van der Waals surface area contributed by atoms with Gasteiger partial charge in [-0.3, -0.25) is 9.59 Å². The van der Waals surface area contributed by atoms with Gasteiger partial charge in [0.05, 0.1) is 10.7 Å². The monoisotopic (exact) mass is 387 g/mol. The Morgan fingerprint density at radius 1 is 1.04 bits per heavy atom. The molecule has 0 saturated carbocycles. The van der Waals surface area contributed by atoms with Crippen LogP contribution in [-0.2, 0) is 11.3 Å². The van der Waals surface area contributed by atoms with Gasteiger partial charge in [0.1, 0.15) is 0 Å². The lowest BCUT2D eigenvalue weighted by Gasteiger charge is -2.18. The van der Waals surface area contributed by atoms with Crippen LogP contribution in [0.2, 0.25) is 5.02 Å². The van der Waals surface area contributed by atoms with Crippen molar-refractivity contribution in [2.24, 2.45) is 5.41 Å². The third kappa shape index (κ3) is 6.08. The zero-order chi connectivity index (χ0) is 20.2. The lowest BCUT2D eigenvalue weighted by atomic mass is 9.95. The van der Waals surface area contributed by atoms with Gasteiger partial charge in [-0.05, 0) is 50.0 Å². The quantitative estimate of drug-likeness (QED) is 0.785. The van der Waals surface area contributed by atoms with Gasteiger partial charge in [-0.2, -0.15) is 0 Å². The molecule has 0 bridgehead atoms. The number of hydrogen-bond acceptors (Lipinski definition) is 3. The molecule has 5 nitrogen and oxygen atoms in total. The molecule has 0 aromatic heterocycles. The molecule has 0 radical (unpaired) electrons. The summed E-state index contributed by atoms with van der Waals surface area (Å²) in [5.41, 5.74) is 2.20. The van der Waals surface area contributed by atoms with Crippen LogP contribution in [-0.4, -0.2) is 30.8 Å².